The molecule has 0 aliphatic heterocycles. The van der Waals surface area contributed by atoms with Gasteiger partial charge in [-0.05, 0) is 26.0 Å². The van der Waals surface area contributed by atoms with Gasteiger partial charge in [-0.1, -0.05) is 12.1 Å². The Bertz CT molecular complexity index is 829. The minimum atomic E-state index is -4.64. The number of carbonyl (C=O) groups excluding carboxylic acids is 2. The molecule has 0 atom stereocenters. The van der Waals surface area contributed by atoms with Gasteiger partial charge in [0.15, 0.2) is 12.4 Å². The summed E-state index contributed by atoms with van der Waals surface area (Å²) in [4.78, 5) is 25.3. The van der Waals surface area contributed by atoms with Gasteiger partial charge in [-0.25, -0.2) is 9.48 Å². The lowest BCUT2D eigenvalue weighted by Crippen LogP contribution is -2.34. The molecule has 0 fully saturated rings. The molecule has 0 saturated heterocycles. The van der Waals surface area contributed by atoms with E-state index in [0.29, 0.717) is 13.1 Å². The Balaban J connectivity index is 2.22. The van der Waals surface area contributed by atoms with Crippen LogP contribution in [0.1, 0.15) is 29.9 Å². The van der Waals surface area contributed by atoms with Gasteiger partial charge in [0.2, 0.25) is 5.69 Å². The Morgan fingerprint density at radius 1 is 1.22 bits per heavy atom. The SMILES string of the molecule is CCN(CC)C(=O)COC(=O)c1nn(-c2ccccc2C(F)(F)F)cc1O. The zero-order chi connectivity index (χ0) is 20.2. The van der Waals surface area contributed by atoms with Crippen molar-refractivity contribution >= 4 is 11.9 Å². The molecule has 27 heavy (non-hydrogen) atoms. The maximum absolute atomic E-state index is 13.1. The van der Waals surface area contributed by atoms with Crippen LogP contribution in [-0.4, -0.2) is 51.4 Å². The van der Waals surface area contributed by atoms with Crippen molar-refractivity contribution in [2.24, 2.45) is 0 Å². The lowest BCUT2D eigenvalue weighted by Gasteiger charge is -2.17. The molecule has 7 nitrogen and oxygen atoms in total. The van der Waals surface area contributed by atoms with Gasteiger partial charge in [-0.15, -0.1) is 0 Å². The topological polar surface area (TPSA) is 84.7 Å². The summed E-state index contributed by atoms with van der Waals surface area (Å²) in [5.41, 5.74) is -1.93. The van der Waals surface area contributed by atoms with Gasteiger partial charge in [-0.3, -0.25) is 4.79 Å². The van der Waals surface area contributed by atoms with E-state index >= 15 is 0 Å². The van der Waals surface area contributed by atoms with Gasteiger partial charge in [0, 0.05) is 13.1 Å². The molecule has 0 radical (unpaired) electrons. The van der Waals surface area contributed by atoms with Crippen LogP contribution in [0.15, 0.2) is 30.5 Å². The number of para-hydroxylation sites is 1. The van der Waals surface area contributed by atoms with E-state index in [1.54, 1.807) is 13.8 Å². The van der Waals surface area contributed by atoms with Crippen LogP contribution in [0.2, 0.25) is 0 Å². The number of hydrogen-bond donors (Lipinski definition) is 1. The summed E-state index contributed by atoms with van der Waals surface area (Å²) in [5.74, 6) is -2.21. The van der Waals surface area contributed by atoms with E-state index in [1.807, 2.05) is 0 Å². The molecular formula is C17H18F3N3O4. The normalized spacial score (nSPS) is 11.3. The number of aromatic nitrogens is 2. The van der Waals surface area contributed by atoms with Gasteiger partial charge in [0.25, 0.3) is 5.91 Å². The first-order valence-corrected chi connectivity index (χ1v) is 8.09. The van der Waals surface area contributed by atoms with Gasteiger partial charge < -0.3 is 14.7 Å². The highest BCUT2D eigenvalue weighted by Crippen LogP contribution is 2.34. The Kier molecular flexibility index (Phi) is 6.09. The standard InChI is InChI=1S/C17H18F3N3O4/c1-3-22(4-2)14(25)10-27-16(26)15-13(24)9-23(21-15)12-8-6-5-7-11(12)17(18,19)20/h5-9,24H,3-4,10H2,1-2H3. The highest BCUT2D eigenvalue weighted by Gasteiger charge is 2.34. The zero-order valence-corrected chi connectivity index (χ0v) is 14.7. The second-order valence-electron chi connectivity index (χ2n) is 5.46. The number of rotatable bonds is 6. The number of nitrogens with zero attached hydrogens (tertiary/aromatic N) is 3. The molecule has 1 aromatic heterocycles. The molecule has 0 aliphatic carbocycles. The van der Waals surface area contributed by atoms with Crippen molar-refractivity contribution in [3.8, 4) is 11.4 Å². The van der Waals surface area contributed by atoms with Crippen molar-refractivity contribution in [3.05, 3.63) is 41.7 Å². The highest BCUT2D eigenvalue weighted by atomic mass is 19.4. The van der Waals surface area contributed by atoms with Crippen LogP contribution < -0.4 is 0 Å². The molecule has 0 aliphatic rings. The van der Waals surface area contributed by atoms with Crippen LogP contribution in [0.3, 0.4) is 0 Å². The summed E-state index contributed by atoms with van der Waals surface area (Å²) >= 11 is 0. The number of benzene rings is 1. The van der Waals surface area contributed by atoms with Crippen LogP contribution in [-0.2, 0) is 15.7 Å². The average molecular weight is 385 g/mol. The van der Waals surface area contributed by atoms with Crippen molar-refractivity contribution in [2.45, 2.75) is 20.0 Å². The van der Waals surface area contributed by atoms with E-state index in [0.717, 1.165) is 23.0 Å². The van der Waals surface area contributed by atoms with Gasteiger partial charge >= 0.3 is 12.1 Å². The number of ether oxygens (including phenoxy) is 1. The maximum Gasteiger partial charge on any atom is 0.418 e. The summed E-state index contributed by atoms with van der Waals surface area (Å²) in [6.45, 7) is 3.82. The summed E-state index contributed by atoms with van der Waals surface area (Å²) in [5, 5.41) is 13.5. The van der Waals surface area contributed by atoms with Gasteiger partial charge in [0.1, 0.15) is 0 Å². The molecule has 2 aromatic rings. The molecule has 0 saturated carbocycles. The van der Waals surface area contributed by atoms with E-state index in [4.69, 9.17) is 4.74 Å². The second kappa shape index (κ2) is 8.11. The number of halogens is 3. The minimum absolute atomic E-state index is 0.362. The maximum atomic E-state index is 13.1. The number of likely N-dealkylation sites (N-methyl/N-ethyl adjacent to an activating group) is 1. The van der Waals surface area contributed by atoms with Crippen molar-refractivity contribution in [1.82, 2.24) is 14.7 Å². The van der Waals surface area contributed by atoms with E-state index in [2.05, 4.69) is 5.10 Å². The van der Waals surface area contributed by atoms with E-state index in [9.17, 15) is 27.9 Å². The fourth-order valence-corrected chi connectivity index (χ4v) is 2.41. The average Bonchev–Trinajstić information content (AvgIpc) is 3.01. The van der Waals surface area contributed by atoms with Crippen molar-refractivity contribution in [1.29, 1.82) is 0 Å². The number of alkyl halides is 3. The summed E-state index contributed by atoms with van der Waals surface area (Å²) in [7, 11) is 0. The van der Waals surface area contributed by atoms with Crippen LogP contribution in [0.5, 0.6) is 5.75 Å². The van der Waals surface area contributed by atoms with Crippen molar-refractivity contribution in [3.63, 3.8) is 0 Å². The third-order valence-electron chi connectivity index (χ3n) is 3.79. The number of amides is 1. The van der Waals surface area contributed by atoms with E-state index in [1.165, 1.54) is 17.0 Å². The summed E-state index contributed by atoms with van der Waals surface area (Å²) < 4.78 is 44.9. The predicted molar refractivity (Wildman–Crippen MR) is 88.4 cm³/mol. The summed E-state index contributed by atoms with van der Waals surface area (Å²) in [6.07, 6.45) is -3.78. The van der Waals surface area contributed by atoms with Crippen LogP contribution in [0, 0.1) is 0 Å². The number of hydrogen-bond acceptors (Lipinski definition) is 5. The fourth-order valence-electron chi connectivity index (χ4n) is 2.41. The lowest BCUT2D eigenvalue weighted by atomic mass is 10.2. The van der Waals surface area contributed by atoms with E-state index in [-0.39, 0.29) is 5.69 Å². The molecule has 0 spiro atoms. The summed E-state index contributed by atoms with van der Waals surface area (Å²) in [6, 6.07) is 4.58. The second-order valence-corrected chi connectivity index (χ2v) is 5.46. The largest absolute Gasteiger partial charge is 0.504 e. The number of esters is 1. The smallest absolute Gasteiger partial charge is 0.418 e. The zero-order valence-electron chi connectivity index (χ0n) is 14.7. The Labute approximate surface area is 153 Å². The molecule has 1 aromatic carbocycles. The van der Waals surface area contributed by atoms with Gasteiger partial charge in [-0.2, -0.15) is 18.3 Å². The fraction of sp³-hybridized carbons (Fsp3) is 0.353. The van der Waals surface area contributed by atoms with Crippen LogP contribution in [0.25, 0.3) is 5.69 Å². The molecule has 146 valence electrons. The van der Waals surface area contributed by atoms with Crippen LogP contribution in [0.4, 0.5) is 13.2 Å². The molecular weight excluding hydrogens is 367 g/mol. The van der Waals surface area contributed by atoms with Crippen LogP contribution >= 0.6 is 0 Å². The van der Waals surface area contributed by atoms with Crippen molar-refractivity contribution in [2.75, 3.05) is 19.7 Å². The molecule has 10 heteroatoms. The first-order chi connectivity index (χ1) is 12.7. The molecule has 1 N–H and O–H groups in total. The predicted octanol–water partition coefficient (Wildman–Crippen LogP) is 2.62. The highest BCUT2D eigenvalue weighted by molar-refractivity contribution is 5.92. The molecule has 0 bridgehead atoms. The minimum Gasteiger partial charge on any atom is -0.504 e. The molecule has 0 unspecified atom stereocenters. The lowest BCUT2D eigenvalue weighted by molar-refractivity contribution is -0.137. The third kappa shape index (κ3) is 4.57. The first kappa shape index (κ1) is 20.3. The Morgan fingerprint density at radius 2 is 1.85 bits per heavy atom. The Morgan fingerprint density at radius 3 is 2.44 bits per heavy atom. The third-order valence-corrected chi connectivity index (χ3v) is 3.79. The Hall–Kier alpha value is -3.04. The van der Waals surface area contributed by atoms with Crippen molar-refractivity contribution < 1.29 is 32.6 Å². The van der Waals surface area contributed by atoms with Gasteiger partial charge in [0.05, 0.1) is 17.4 Å². The number of aromatic hydroxyl groups is 1. The quantitative estimate of drug-likeness (QED) is 0.773. The molecule has 2 rings (SSSR count). The number of carbonyl (C=O) groups is 2. The monoisotopic (exact) mass is 385 g/mol. The first-order valence-electron chi connectivity index (χ1n) is 8.09. The molecule has 1 heterocycles. The molecule has 1 amide bonds. The van der Waals surface area contributed by atoms with E-state index < -0.39 is 41.7 Å².